The molecule has 1 rings (SSSR count). The predicted octanol–water partition coefficient (Wildman–Crippen LogP) is 0.905. The zero-order valence-corrected chi connectivity index (χ0v) is 10.4. The van der Waals surface area contributed by atoms with E-state index >= 15 is 0 Å². The molecule has 0 atom stereocenters. The van der Waals surface area contributed by atoms with Crippen LogP contribution in [0.25, 0.3) is 0 Å². The fraction of sp³-hybridized carbons (Fsp3) is 0.455. The molecule has 1 aromatic rings. The fourth-order valence-electron chi connectivity index (χ4n) is 1.39. The third-order valence-corrected chi connectivity index (χ3v) is 3.84. The van der Waals surface area contributed by atoms with Gasteiger partial charge in [-0.25, -0.2) is 13.4 Å². The van der Waals surface area contributed by atoms with Crippen LogP contribution in [0.2, 0.25) is 0 Å². The molecule has 0 fully saturated rings. The number of hydrogen-bond donors (Lipinski definition) is 0. The molecule has 17 heavy (non-hydrogen) atoms. The van der Waals surface area contributed by atoms with Gasteiger partial charge in [0, 0.05) is 25.5 Å². The van der Waals surface area contributed by atoms with E-state index in [1.54, 1.807) is 12.1 Å². The first-order valence-corrected chi connectivity index (χ1v) is 6.94. The Morgan fingerprint density at radius 1 is 1.53 bits per heavy atom. The van der Waals surface area contributed by atoms with Crippen LogP contribution in [-0.4, -0.2) is 32.9 Å². The maximum atomic E-state index is 11.8. The van der Waals surface area contributed by atoms with E-state index < -0.39 is 9.84 Å². The van der Waals surface area contributed by atoms with Crippen molar-refractivity contribution in [2.24, 2.45) is 0 Å². The first-order chi connectivity index (χ1) is 8.09. The van der Waals surface area contributed by atoms with Crippen molar-refractivity contribution in [3.05, 3.63) is 29.6 Å². The fourth-order valence-corrected chi connectivity index (χ4v) is 2.80. The average molecular weight is 254 g/mol. The number of nitrogens with zero attached hydrogens (tertiary/aromatic N) is 2. The summed E-state index contributed by atoms with van der Waals surface area (Å²) < 4.78 is 28.3. The van der Waals surface area contributed by atoms with Gasteiger partial charge < -0.3 is 4.74 Å². The van der Waals surface area contributed by atoms with E-state index in [-0.39, 0.29) is 17.2 Å². The van der Waals surface area contributed by atoms with E-state index in [2.05, 4.69) is 4.98 Å². The highest BCUT2D eigenvalue weighted by Gasteiger charge is 2.14. The lowest BCUT2D eigenvalue weighted by atomic mass is 10.2. The van der Waals surface area contributed by atoms with E-state index in [0.717, 1.165) is 0 Å². The Morgan fingerprint density at radius 2 is 2.29 bits per heavy atom. The highest BCUT2D eigenvalue weighted by molar-refractivity contribution is 7.90. The number of pyridine rings is 1. The quantitative estimate of drug-likeness (QED) is 0.705. The van der Waals surface area contributed by atoms with Crippen molar-refractivity contribution < 1.29 is 13.2 Å². The number of nitriles is 1. The summed E-state index contributed by atoms with van der Waals surface area (Å²) in [6.07, 6.45) is 1.93. The van der Waals surface area contributed by atoms with Crippen LogP contribution in [0.3, 0.4) is 0 Å². The van der Waals surface area contributed by atoms with Gasteiger partial charge in [-0.1, -0.05) is 6.07 Å². The molecule has 0 bridgehead atoms. The summed E-state index contributed by atoms with van der Waals surface area (Å²) >= 11 is 0. The molecular weight excluding hydrogens is 240 g/mol. The van der Waals surface area contributed by atoms with Gasteiger partial charge in [-0.3, -0.25) is 0 Å². The summed E-state index contributed by atoms with van der Waals surface area (Å²) in [6, 6.07) is 5.12. The zero-order valence-electron chi connectivity index (χ0n) is 9.59. The lowest BCUT2D eigenvalue weighted by Gasteiger charge is -2.05. The van der Waals surface area contributed by atoms with E-state index in [1.807, 2.05) is 6.07 Å². The summed E-state index contributed by atoms with van der Waals surface area (Å²) in [5, 5.41) is 8.80. The van der Waals surface area contributed by atoms with Crippen molar-refractivity contribution in [1.29, 1.82) is 5.26 Å². The van der Waals surface area contributed by atoms with Gasteiger partial charge >= 0.3 is 0 Å². The third kappa shape index (κ3) is 4.51. The molecule has 6 heteroatoms. The molecule has 5 nitrogen and oxygen atoms in total. The number of rotatable bonds is 6. The van der Waals surface area contributed by atoms with Crippen molar-refractivity contribution in [3.63, 3.8) is 0 Å². The standard InChI is InChI=1S/C11H14N2O3S/c1-16-6-3-7-17(14,15)9-10-4-2-5-13-11(10)8-12/h2,4-5H,3,6-7,9H2,1H3. The van der Waals surface area contributed by atoms with Gasteiger partial charge in [0.15, 0.2) is 9.84 Å². The lowest BCUT2D eigenvalue weighted by molar-refractivity contribution is 0.199. The van der Waals surface area contributed by atoms with Gasteiger partial charge in [0.05, 0.1) is 11.5 Å². The number of hydrogen-bond acceptors (Lipinski definition) is 5. The van der Waals surface area contributed by atoms with Gasteiger partial charge in [-0.05, 0) is 12.5 Å². The van der Waals surface area contributed by atoms with Crippen molar-refractivity contribution in [2.45, 2.75) is 12.2 Å². The second-order valence-electron chi connectivity index (χ2n) is 3.56. The van der Waals surface area contributed by atoms with E-state index in [1.165, 1.54) is 13.3 Å². The van der Waals surface area contributed by atoms with Gasteiger partial charge in [-0.15, -0.1) is 0 Å². The Bertz CT molecular complexity index is 506. The van der Waals surface area contributed by atoms with E-state index in [0.29, 0.717) is 18.6 Å². The second-order valence-corrected chi connectivity index (χ2v) is 5.75. The minimum Gasteiger partial charge on any atom is -0.385 e. The number of sulfone groups is 1. The Balaban J connectivity index is 2.73. The molecule has 0 aliphatic carbocycles. The summed E-state index contributed by atoms with van der Waals surface area (Å²) in [6.45, 7) is 0.414. The van der Waals surface area contributed by atoms with Gasteiger partial charge in [0.1, 0.15) is 11.8 Å². The smallest absolute Gasteiger partial charge is 0.154 e. The summed E-state index contributed by atoms with van der Waals surface area (Å²) in [5.41, 5.74) is 0.621. The lowest BCUT2D eigenvalue weighted by Crippen LogP contribution is -2.12. The SMILES string of the molecule is COCCCS(=O)(=O)Cc1cccnc1C#N. The number of aromatic nitrogens is 1. The predicted molar refractivity (Wildman–Crippen MR) is 62.9 cm³/mol. The summed E-state index contributed by atoms with van der Waals surface area (Å²) in [7, 11) is -1.68. The monoisotopic (exact) mass is 254 g/mol. The molecule has 1 heterocycles. The Labute approximate surface area is 101 Å². The van der Waals surface area contributed by atoms with Crippen LogP contribution >= 0.6 is 0 Å². The molecule has 0 radical (unpaired) electrons. The third-order valence-electron chi connectivity index (χ3n) is 2.18. The van der Waals surface area contributed by atoms with Crippen LogP contribution in [-0.2, 0) is 20.3 Å². The minimum absolute atomic E-state index is 0.0562. The molecule has 0 saturated heterocycles. The van der Waals surface area contributed by atoms with Crippen LogP contribution in [0.15, 0.2) is 18.3 Å². The molecule has 0 aliphatic rings. The first kappa shape index (κ1) is 13.6. The average Bonchev–Trinajstić information content (AvgIpc) is 2.29. The Hall–Kier alpha value is -1.45. The van der Waals surface area contributed by atoms with E-state index in [9.17, 15) is 8.42 Å². The van der Waals surface area contributed by atoms with Gasteiger partial charge in [0.25, 0.3) is 0 Å². The first-order valence-electron chi connectivity index (χ1n) is 5.12. The zero-order chi connectivity index (χ0) is 12.7. The van der Waals surface area contributed by atoms with Crippen LogP contribution in [0, 0.1) is 11.3 Å². The highest BCUT2D eigenvalue weighted by Crippen LogP contribution is 2.10. The van der Waals surface area contributed by atoms with Crippen LogP contribution in [0.1, 0.15) is 17.7 Å². The molecule has 0 N–H and O–H groups in total. The van der Waals surface area contributed by atoms with Gasteiger partial charge in [-0.2, -0.15) is 5.26 Å². The molecule has 0 aliphatic heterocycles. The van der Waals surface area contributed by atoms with Crippen molar-refractivity contribution >= 4 is 9.84 Å². The van der Waals surface area contributed by atoms with Crippen LogP contribution in [0.4, 0.5) is 0 Å². The van der Waals surface area contributed by atoms with Gasteiger partial charge in [0.2, 0.25) is 0 Å². The van der Waals surface area contributed by atoms with Crippen molar-refractivity contribution in [1.82, 2.24) is 4.98 Å². The molecule has 1 aromatic heterocycles. The maximum absolute atomic E-state index is 11.8. The molecular formula is C11H14N2O3S. The van der Waals surface area contributed by atoms with Crippen LogP contribution in [0.5, 0.6) is 0 Å². The maximum Gasteiger partial charge on any atom is 0.154 e. The Morgan fingerprint density at radius 3 is 2.94 bits per heavy atom. The molecule has 0 aromatic carbocycles. The largest absolute Gasteiger partial charge is 0.385 e. The topological polar surface area (TPSA) is 80.1 Å². The van der Waals surface area contributed by atoms with Crippen LogP contribution < -0.4 is 0 Å². The molecule has 0 unspecified atom stereocenters. The molecule has 0 spiro atoms. The molecule has 0 amide bonds. The second kappa shape index (κ2) is 6.33. The minimum atomic E-state index is -3.21. The van der Waals surface area contributed by atoms with Crippen molar-refractivity contribution in [2.75, 3.05) is 19.5 Å². The highest BCUT2D eigenvalue weighted by atomic mass is 32.2. The molecule has 0 saturated carbocycles. The number of ether oxygens (including phenoxy) is 1. The van der Waals surface area contributed by atoms with E-state index in [4.69, 9.17) is 10.00 Å². The van der Waals surface area contributed by atoms with Crippen molar-refractivity contribution in [3.8, 4) is 6.07 Å². The Kier molecular flexibility index (Phi) is 5.07. The normalized spacial score (nSPS) is 11.1. The summed E-state index contributed by atoms with van der Waals surface area (Å²) in [4.78, 5) is 3.83. The number of methoxy groups -OCH3 is 1. The molecule has 92 valence electrons. The summed E-state index contributed by atoms with van der Waals surface area (Å²) in [5.74, 6) is -0.0892.